The van der Waals surface area contributed by atoms with Crippen LogP contribution in [0.4, 0.5) is 4.39 Å². The van der Waals surface area contributed by atoms with Crippen molar-refractivity contribution < 1.29 is 4.39 Å². The standard InChI is InChI=1S/C16H26FN/c1-5-13(6-2)12(4)18-16(7-3)14-8-10-15(17)11-9-14/h8-13,16,18H,5-7H2,1-4H3. The maximum Gasteiger partial charge on any atom is 0.123 e. The minimum Gasteiger partial charge on any atom is -0.307 e. The van der Waals surface area contributed by atoms with Crippen LogP contribution in [-0.2, 0) is 0 Å². The molecule has 1 aromatic rings. The van der Waals surface area contributed by atoms with Crippen LogP contribution in [0.3, 0.4) is 0 Å². The summed E-state index contributed by atoms with van der Waals surface area (Å²) in [5, 5.41) is 3.68. The lowest BCUT2D eigenvalue weighted by Crippen LogP contribution is -2.35. The molecule has 1 nitrogen and oxygen atoms in total. The summed E-state index contributed by atoms with van der Waals surface area (Å²) in [6, 6.07) is 7.67. The van der Waals surface area contributed by atoms with E-state index in [-0.39, 0.29) is 5.82 Å². The van der Waals surface area contributed by atoms with Crippen molar-refractivity contribution >= 4 is 0 Å². The van der Waals surface area contributed by atoms with E-state index in [2.05, 4.69) is 33.0 Å². The van der Waals surface area contributed by atoms with Gasteiger partial charge >= 0.3 is 0 Å². The largest absolute Gasteiger partial charge is 0.307 e. The van der Waals surface area contributed by atoms with Gasteiger partial charge in [-0.3, -0.25) is 0 Å². The van der Waals surface area contributed by atoms with Crippen molar-refractivity contribution in [3.8, 4) is 0 Å². The lowest BCUT2D eigenvalue weighted by Gasteiger charge is -2.28. The summed E-state index contributed by atoms with van der Waals surface area (Å²) in [7, 11) is 0. The monoisotopic (exact) mass is 251 g/mol. The second kappa shape index (κ2) is 7.52. The Morgan fingerprint density at radius 2 is 1.56 bits per heavy atom. The van der Waals surface area contributed by atoms with Gasteiger partial charge in [0.05, 0.1) is 0 Å². The van der Waals surface area contributed by atoms with Crippen LogP contribution in [0, 0.1) is 11.7 Å². The third kappa shape index (κ3) is 4.09. The first kappa shape index (κ1) is 15.2. The number of hydrogen-bond donors (Lipinski definition) is 1. The molecule has 18 heavy (non-hydrogen) atoms. The van der Waals surface area contributed by atoms with Crippen LogP contribution in [-0.4, -0.2) is 6.04 Å². The van der Waals surface area contributed by atoms with Crippen molar-refractivity contribution in [3.63, 3.8) is 0 Å². The van der Waals surface area contributed by atoms with Gasteiger partial charge in [-0.1, -0.05) is 45.7 Å². The molecule has 2 unspecified atom stereocenters. The van der Waals surface area contributed by atoms with E-state index >= 15 is 0 Å². The zero-order valence-corrected chi connectivity index (χ0v) is 12.0. The van der Waals surface area contributed by atoms with Gasteiger partial charge < -0.3 is 5.32 Å². The van der Waals surface area contributed by atoms with Crippen molar-refractivity contribution in [2.75, 3.05) is 0 Å². The van der Waals surface area contributed by atoms with Crippen LogP contribution < -0.4 is 5.32 Å². The Bertz CT molecular complexity index is 329. The molecular weight excluding hydrogens is 225 g/mol. The van der Waals surface area contributed by atoms with Crippen molar-refractivity contribution in [2.45, 2.75) is 59.0 Å². The summed E-state index contributed by atoms with van der Waals surface area (Å²) >= 11 is 0. The molecular formula is C16H26FN. The van der Waals surface area contributed by atoms with Gasteiger partial charge in [-0.05, 0) is 37.0 Å². The first-order valence-electron chi connectivity index (χ1n) is 7.13. The summed E-state index contributed by atoms with van der Waals surface area (Å²) in [6.45, 7) is 8.90. The van der Waals surface area contributed by atoms with Crippen molar-refractivity contribution in [1.29, 1.82) is 0 Å². The molecule has 0 radical (unpaired) electrons. The van der Waals surface area contributed by atoms with Gasteiger partial charge in [0.25, 0.3) is 0 Å². The molecule has 102 valence electrons. The summed E-state index contributed by atoms with van der Waals surface area (Å²) in [6.07, 6.45) is 3.42. The molecule has 1 N–H and O–H groups in total. The Morgan fingerprint density at radius 1 is 1.00 bits per heavy atom. The van der Waals surface area contributed by atoms with E-state index in [9.17, 15) is 4.39 Å². The van der Waals surface area contributed by atoms with E-state index in [0.717, 1.165) is 6.42 Å². The average molecular weight is 251 g/mol. The molecule has 0 aliphatic rings. The first-order valence-corrected chi connectivity index (χ1v) is 7.13. The molecule has 2 atom stereocenters. The van der Waals surface area contributed by atoms with E-state index in [0.29, 0.717) is 18.0 Å². The predicted octanol–water partition coefficient (Wildman–Crippen LogP) is 4.69. The molecule has 1 rings (SSSR count). The molecule has 0 fully saturated rings. The fourth-order valence-corrected chi connectivity index (χ4v) is 2.59. The number of halogens is 1. The number of hydrogen-bond acceptors (Lipinski definition) is 1. The summed E-state index contributed by atoms with van der Waals surface area (Å²) in [5.41, 5.74) is 1.18. The zero-order valence-electron chi connectivity index (χ0n) is 12.0. The van der Waals surface area contributed by atoms with Gasteiger partial charge in [0.1, 0.15) is 5.82 Å². The quantitative estimate of drug-likeness (QED) is 0.741. The van der Waals surface area contributed by atoms with E-state index in [1.807, 2.05) is 12.1 Å². The van der Waals surface area contributed by atoms with Crippen molar-refractivity contribution in [1.82, 2.24) is 5.32 Å². The minimum atomic E-state index is -0.165. The topological polar surface area (TPSA) is 12.0 Å². The lowest BCUT2D eigenvalue weighted by molar-refractivity contribution is 0.319. The third-order valence-corrected chi connectivity index (χ3v) is 3.90. The number of rotatable bonds is 7. The highest BCUT2D eigenvalue weighted by Gasteiger charge is 2.17. The van der Waals surface area contributed by atoms with Gasteiger partial charge in [-0.2, -0.15) is 0 Å². The van der Waals surface area contributed by atoms with Gasteiger partial charge in [-0.15, -0.1) is 0 Å². The van der Waals surface area contributed by atoms with Crippen LogP contribution >= 0.6 is 0 Å². The zero-order chi connectivity index (χ0) is 13.5. The molecule has 0 aromatic heterocycles. The molecule has 0 aliphatic carbocycles. The fraction of sp³-hybridized carbons (Fsp3) is 0.625. The first-order chi connectivity index (χ1) is 8.62. The Hall–Kier alpha value is -0.890. The Labute approximate surface area is 111 Å². The highest BCUT2D eigenvalue weighted by Crippen LogP contribution is 2.21. The highest BCUT2D eigenvalue weighted by molar-refractivity contribution is 5.20. The molecule has 0 saturated heterocycles. The molecule has 2 heteroatoms. The van der Waals surface area contributed by atoms with Crippen molar-refractivity contribution in [2.24, 2.45) is 5.92 Å². The van der Waals surface area contributed by atoms with Gasteiger partial charge in [0.15, 0.2) is 0 Å². The summed E-state index contributed by atoms with van der Waals surface area (Å²) in [4.78, 5) is 0. The Morgan fingerprint density at radius 3 is 2.00 bits per heavy atom. The van der Waals surface area contributed by atoms with Crippen molar-refractivity contribution in [3.05, 3.63) is 35.6 Å². The lowest BCUT2D eigenvalue weighted by atomic mass is 9.93. The van der Waals surface area contributed by atoms with Crippen LogP contribution in [0.5, 0.6) is 0 Å². The number of benzene rings is 1. The molecule has 1 aromatic carbocycles. The summed E-state index contributed by atoms with van der Waals surface area (Å²) in [5.74, 6) is 0.543. The second-order valence-electron chi connectivity index (χ2n) is 5.04. The predicted molar refractivity (Wildman–Crippen MR) is 76.1 cm³/mol. The average Bonchev–Trinajstić information content (AvgIpc) is 2.38. The van der Waals surface area contributed by atoms with E-state index in [1.54, 1.807) is 12.1 Å². The molecule has 0 spiro atoms. The number of nitrogens with one attached hydrogen (secondary N) is 1. The van der Waals surface area contributed by atoms with Crippen LogP contribution in [0.1, 0.15) is 58.6 Å². The SMILES string of the molecule is CCC(NC(C)C(CC)CC)c1ccc(F)cc1. The van der Waals surface area contributed by atoms with Gasteiger partial charge in [-0.25, -0.2) is 4.39 Å². The normalized spacial score (nSPS) is 14.8. The van der Waals surface area contributed by atoms with Crippen LogP contribution in [0.2, 0.25) is 0 Å². The minimum absolute atomic E-state index is 0.165. The molecule has 0 amide bonds. The Kier molecular flexibility index (Phi) is 6.34. The van der Waals surface area contributed by atoms with Crippen LogP contribution in [0.25, 0.3) is 0 Å². The maximum absolute atomic E-state index is 12.9. The maximum atomic E-state index is 12.9. The van der Waals surface area contributed by atoms with E-state index < -0.39 is 0 Å². The third-order valence-electron chi connectivity index (χ3n) is 3.90. The second-order valence-corrected chi connectivity index (χ2v) is 5.04. The van der Waals surface area contributed by atoms with Gasteiger partial charge in [0.2, 0.25) is 0 Å². The summed E-state index contributed by atoms with van der Waals surface area (Å²) < 4.78 is 12.9. The highest BCUT2D eigenvalue weighted by atomic mass is 19.1. The molecule has 0 saturated carbocycles. The van der Waals surface area contributed by atoms with Crippen LogP contribution in [0.15, 0.2) is 24.3 Å². The van der Waals surface area contributed by atoms with E-state index in [4.69, 9.17) is 0 Å². The fourth-order valence-electron chi connectivity index (χ4n) is 2.59. The Balaban J connectivity index is 2.69. The molecule has 0 bridgehead atoms. The van der Waals surface area contributed by atoms with E-state index in [1.165, 1.54) is 18.4 Å². The molecule has 0 aliphatic heterocycles. The van der Waals surface area contributed by atoms with Gasteiger partial charge in [0, 0.05) is 12.1 Å². The smallest absolute Gasteiger partial charge is 0.123 e. The molecule has 0 heterocycles.